The maximum atomic E-state index is 12.2. The number of hydrogen-bond donors (Lipinski definition) is 1. The predicted octanol–water partition coefficient (Wildman–Crippen LogP) is 3.59. The third-order valence-electron chi connectivity index (χ3n) is 3.45. The molecule has 0 aliphatic carbocycles. The highest BCUT2D eigenvalue weighted by Gasteiger charge is 2.14. The molecule has 24 heavy (non-hydrogen) atoms. The summed E-state index contributed by atoms with van der Waals surface area (Å²) in [6, 6.07) is 15.7. The van der Waals surface area contributed by atoms with Gasteiger partial charge in [0.15, 0.2) is 6.10 Å². The Morgan fingerprint density at radius 2 is 1.83 bits per heavy atom. The van der Waals surface area contributed by atoms with Gasteiger partial charge in [-0.3, -0.25) is 4.79 Å². The molecule has 0 spiro atoms. The van der Waals surface area contributed by atoms with E-state index in [9.17, 15) is 4.79 Å². The van der Waals surface area contributed by atoms with Crippen LogP contribution in [0.25, 0.3) is 0 Å². The Morgan fingerprint density at radius 1 is 1.17 bits per heavy atom. The summed E-state index contributed by atoms with van der Waals surface area (Å²) >= 11 is 3.37. The van der Waals surface area contributed by atoms with E-state index < -0.39 is 6.10 Å². The number of amides is 1. The molecule has 4 nitrogen and oxygen atoms in total. The summed E-state index contributed by atoms with van der Waals surface area (Å²) in [7, 11) is 4.07. The first-order valence-electron chi connectivity index (χ1n) is 7.86. The predicted molar refractivity (Wildman–Crippen MR) is 99.9 cm³/mol. The molecule has 0 fully saturated rings. The fourth-order valence-electron chi connectivity index (χ4n) is 2.31. The molecule has 0 aliphatic heterocycles. The molecule has 1 N–H and O–H groups in total. The lowest BCUT2D eigenvalue weighted by atomic mass is 10.1. The molecular formula is C19H23BrN2O2. The van der Waals surface area contributed by atoms with Gasteiger partial charge >= 0.3 is 0 Å². The van der Waals surface area contributed by atoms with E-state index in [0.29, 0.717) is 12.3 Å². The third-order valence-corrected chi connectivity index (χ3v) is 3.98. The van der Waals surface area contributed by atoms with E-state index in [0.717, 1.165) is 16.6 Å². The van der Waals surface area contributed by atoms with Crippen LogP contribution in [0.2, 0.25) is 0 Å². The molecule has 0 bridgehead atoms. The Kier molecular flexibility index (Phi) is 6.82. The Bertz CT molecular complexity index is 671. The second-order valence-electron chi connectivity index (χ2n) is 5.99. The van der Waals surface area contributed by atoms with Crippen molar-refractivity contribution in [3.63, 3.8) is 0 Å². The van der Waals surface area contributed by atoms with Crippen molar-refractivity contribution in [1.29, 1.82) is 0 Å². The minimum absolute atomic E-state index is 0.129. The second-order valence-corrected chi connectivity index (χ2v) is 6.91. The van der Waals surface area contributed by atoms with Crippen molar-refractivity contribution in [3.8, 4) is 5.75 Å². The van der Waals surface area contributed by atoms with E-state index in [1.807, 2.05) is 50.5 Å². The second kappa shape index (κ2) is 8.85. The number of nitrogens with zero attached hydrogens (tertiary/aromatic N) is 1. The number of rotatable bonds is 7. The zero-order valence-corrected chi connectivity index (χ0v) is 15.8. The molecular weight excluding hydrogens is 368 g/mol. The number of ether oxygens (including phenoxy) is 1. The molecule has 2 aromatic carbocycles. The van der Waals surface area contributed by atoms with Crippen LogP contribution in [-0.4, -0.2) is 31.0 Å². The van der Waals surface area contributed by atoms with Crippen LogP contribution in [0, 0.1) is 0 Å². The molecule has 1 unspecified atom stereocenters. The van der Waals surface area contributed by atoms with Crippen molar-refractivity contribution in [1.82, 2.24) is 10.2 Å². The summed E-state index contributed by atoms with van der Waals surface area (Å²) in [5.74, 6) is 0.546. The highest BCUT2D eigenvalue weighted by atomic mass is 79.9. The van der Waals surface area contributed by atoms with Crippen LogP contribution in [0.1, 0.15) is 18.1 Å². The van der Waals surface area contributed by atoms with Crippen LogP contribution in [0.15, 0.2) is 53.0 Å². The first-order chi connectivity index (χ1) is 11.4. The van der Waals surface area contributed by atoms with Gasteiger partial charge in [-0.05, 0) is 56.4 Å². The van der Waals surface area contributed by atoms with Crippen molar-refractivity contribution in [2.45, 2.75) is 26.1 Å². The van der Waals surface area contributed by atoms with Crippen molar-refractivity contribution in [2.75, 3.05) is 14.1 Å². The summed E-state index contributed by atoms with van der Waals surface area (Å²) in [5, 5.41) is 2.92. The van der Waals surface area contributed by atoms with Gasteiger partial charge in [0.1, 0.15) is 5.75 Å². The third kappa shape index (κ3) is 5.98. The monoisotopic (exact) mass is 390 g/mol. The van der Waals surface area contributed by atoms with Gasteiger partial charge in [0.25, 0.3) is 5.91 Å². The van der Waals surface area contributed by atoms with Crippen molar-refractivity contribution >= 4 is 21.8 Å². The van der Waals surface area contributed by atoms with Crippen molar-refractivity contribution in [3.05, 3.63) is 64.1 Å². The Balaban J connectivity index is 1.86. The molecule has 0 saturated carbocycles. The summed E-state index contributed by atoms with van der Waals surface area (Å²) in [5.41, 5.74) is 2.31. The smallest absolute Gasteiger partial charge is 0.261 e. The van der Waals surface area contributed by atoms with Crippen LogP contribution < -0.4 is 10.1 Å². The van der Waals surface area contributed by atoms with E-state index in [4.69, 9.17) is 4.74 Å². The quantitative estimate of drug-likeness (QED) is 0.784. The maximum Gasteiger partial charge on any atom is 0.261 e. The summed E-state index contributed by atoms with van der Waals surface area (Å²) in [6.07, 6.45) is -0.545. The van der Waals surface area contributed by atoms with Gasteiger partial charge in [-0.15, -0.1) is 0 Å². The van der Waals surface area contributed by atoms with Gasteiger partial charge in [0.05, 0.1) is 0 Å². The standard InChI is InChI=1S/C19H23BrN2O2/c1-14(24-18-9-7-17(20)8-10-18)19(23)21-12-15-5-4-6-16(11-15)13-22(2)3/h4-11,14H,12-13H2,1-3H3,(H,21,23). The number of nitrogens with one attached hydrogen (secondary N) is 1. The lowest BCUT2D eigenvalue weighted by molar-refractivity contribution is -0.127. The Hall–Kier alpha value is -1.85. The molecule has 2 rings (SSSR count). The number of halogens is 1. The molecule has 2 aromatic rings. The van der Waals surface area contributed by atoms with E-state index in [2.05, 4.69) is 38.3 Å². The topological polar surface area (TPSA) is 41.6 Å². The van der Waals surface area contributed by atoms with Crippen molar-refractivity contribution < 1.29 is 9.53 Å². The Morgan fingerprint density at radius 3 is 2.50 bits per heavy atom. The molecule has 128 valence electrons. The number of carbonyl (C=O) groups is 1. The molecule has 1 atom stereocenters. The molecule has 0 saturated heterocycles. The van der Waals surface area contributed by atoms with Crippen LogP contribution in [0.4, 0.5) is 0 Å². The van der Waals surface area contributed by atoms with Crippen molar-refractivity contribution in [2.24, 2.45) is 0 Å². The summed E-state index contributed by atoms with van der Waals surface area (Å²) < 4.78 is 6.63. The average Bonchev–Trinajstić information content (AvgIpc) is 2.54. The normalized spacial score (nSPS) is 12.0. The Labute approximate surface area is 151 Å². The first kappa shape index (κ1) is 18.5. The zero-order chi connectivity index (χ0) is 17.5. The summed E-state index contributed by atoms with van der Waals surface area (Å²) in [6.45, 7) is 3.12. The number of carbonyl (C=O) groups excluding carboxylic acids is 1. The molecule has 0 radical (unpaired) electrons. The van der Waals surface area contributed by atoms with Crippen LogP contribution in [0.5, 0.6) is 5.75 Å². The molecule has 0 aromatic heterocycles. The van der Waals surface area contributed by atoms with E-state index in [1.54, 1.807) is 6.92 Å². The molecule has 0 aliphatic rings. The first-order valence-corrected chi connectivity index (χ1v) is 8.66. The average molecular weight is 391 g/mol. The lowest BCUT2D eigenvalue weighted by Crippen LogP contribution is -2.35. The van der Waals surface area contributed by atoms with Crippen LogP contribution >= 0.6 is 15.9 Å². The largest absolute Gasteiger partial charge is 0.481 e. The van der Waals surface area contributed by atoms with Gasteiger partial charge < -0.3 is 15.0 Å². The van der Waals surface area contributed by atoms with Gasteiger partial charge in [0.2, 0.25) is 0 Å². The fraction of sp³-hybridized carbons (Fsp3) is 0.316. The summed E-state index contributed by atoms with van der Waals surface area (Å²) in [4.78, 5) is 14.3. The van der Waals surface area contributed by atoms with Gasteiger partial charge in [0, 0.05) is 17.6 Å². The van der Waals surface area contributed by atoms with Gasteiger partial charge in [-0.2, -0.15) is 0 Å². The fourth-order valence-corrected chi connectivity index (χ4v) is 2.57. The highest BCUT2D eigenvalue weighted by molar-refractivity contribution is 9.10. The molecule has 5 heteroatoms. The molecule has 0 heterocycles. The minimum Gasteiger partial charge on any atom is -0.481 e. The van der Waals surface area contributed by atoms with E-state index in [-0.39, 0.29) is 5.91 Å². The van der Waals surface area contributed by atoms with E-state index in [1.165, 1.54) is 5.56 Å². The van der Waals surface area contributed by atoms with Crippen LogP contribution in [0.3, 0.4) is 0 Å². The number of hydrogen-bond acceptors (Lipinski definition) is 3. The van der Waals surface area contributed by atoms with Gasteiger partial charge in [-0.1, -0.05) is 40.2 Å². The van der Waals surface area contributed by atoms with Crippen LogP contribution in [-0.2, 0) is 17.9 Å². The minimum atomic E-state index is -0.545. The highest BCUT2D eigenvalue weighted by Crippen LogP contribution is 2.17. The SMILES string of the molecule is CC(Oc1ccc(Br)cc1)C(=O)NCc1cccc(CN(C)C)c1. The zero-order valence-electron chi connectivity index (χ0n) is 14.3. The maximum absolute atomic E-state index is 12.2. The van der Waals surface area contributed by atoms with E-state index >= 15 is 0 Å². The molecule has 1 amide bonds. The van der Waals surface area contributed by atoms with Gasteiger partial charge in [-0.25, -0.2) is 0 Å². The number of benzene rings is 2. The lowest BCUT2D eigenvalue weighted by Gasteiger charge is -2.15.